The summed E-state index contributed by atoms with van der Waals surface area (Å²) in [6.45, 7) is 6.92. The van der Waals surface area contributed by atoms with Gasteiger partial charge in [0.25, 0.3) is 11.4 Å². The quantitative estimate of drug-likeness (QED) is 0.0553. The molecule has 0 radical (unpaired) electrons. The summed E-state index contributed by atoms with van der Waals surface area (Å²) >= 11 is 6.73. The average molecular weight is 836 g/mol. The molecular weight excluding hydrogens is 812 g/mol. The molecule has 264 valence electrons. The normalized spacial score (nSPS) is 11.0. The molecular formula is C33H24Br2N8O9. The number of halogens is 2. The van der Waals surface area contributed by atoms with Crippen molar-refractivity contribution in [2.24, 2.45) is 0 Å². The molecule has 0 fully saturated rings. The van der Waals surface area contributed by atoms with Gasteiger partial charge in [-0.1, -0.05) is 10.3 Å². The van der Waals surface area contributed by atoms with E-state index in [9.17, 15) is 25.0 Å². The lowest BCUT2D eigenvalue weighted by Crippen LogP contribution is -2.16. The fourth-order valence-electron chi connectivity index (χ4n) is 5.08. The van der Waals surface area contributed by atoms with E-state index in [1.54, 1.807) is 40.1 Å². The summed E-state index contributed by atoms with van der Waals surface area (Å²) in [6, 6.07) is 7.39. The summed E-state index contributed by atoms with van der Waals surface area (Å²) in [7, 11) is 0. The molecule has 0 spiro atoms. The third-order valence-corrected chi connectivity index (χ3v) is 9.40. The molecule has 19 heteroatoms. The summed E-state index contributed by atoms with van der Waals surface area (Å²) in [6.07, 6.45) is 1.86. The van der Waals surface area contributed by atoms with Gasteiger partial charge in [-0.05, 0) is 71.7 Å². The number of nitro benzene ring substituents is 2. The van der Waals surface area contributed by atoms with Gasteiger partial charge in [-0.15, -0.1) is 0 Å². The van der Waals surface area contributed by atoms with E-state index in [0.717, 1.165) is 0 Å². The molecule has 0 saturated carbocycles. The first-order valence-electron chi connectivity index (χ1n) is 15.1. The number of aromatic nitrogens is 6. The summed E-state index contributed by atoms with van der Waals surface area (Å²) in [5.74, 6) is 0.827. The van der Waals surface area contributed by atoms with Crippen molar-refractivity contribution < 1.29 is 33.2 Å². The molecule has 4 aromatic heterocycles. The fraction of sp³-hybridized carbons (Fsp3) is 0.182. The molecule has 0 aliphatic carbocycles. The van der Waals surface area contributed by atoms with Crippen LogP contribution in [0, 0.1) is 47.9 Å². The molecule has 4 heterocycles. The Morgan fingerprint density at radius 3 is 1.46 bits per heavy atom. The first-order chi connectivity index (χ1) is 24.8. The summed E-state index contributed by atoms with van der Waals surface area (Å²) in [5.41, 5.74) is 3.15. The number of benzene rings is 2. The van der Waals surface area contributed by atoms with Crippen molar-refractivity contribution in [3.8, 4) is 34.7 Å². The van der Waals surface area contributed by atoms with Crippen LogP contribution in [0.4, 0.5) is 16.2 Å². The number of nitro groups is 2. The van der Waals surface area contributed by atoms with Crippen LogP contribution in [0.3, 0.4) is 0 Å². The molecule has 0 saturated heterocycles. The van der Waals surface area contributed by atoms with E-state index in [1.807, 2.05) is 0 Å². The number of carbonyl (C=O) groups is 1. The van der Waals surface area contributed by atoms with Crippen LogP contribution in [-0.4, -0.2) is 46.3 Å². The summed E-state index contributed by atoms with van der Waals surface area (Å²) in [4.78, 5) is 53.1. The van der Waals surface area contributed by atoms with Crippen LogP contribution in [0.15, 0.2) is 66.8 Å². The van der Waals surface area contributed by atoms with Crippen molar-refractivity contribution in [3.63, 3.8) is 0 Å². The van der Waals surface area contributed by atoms with Gasteiger partial charge >= 0.3 is 6.16 Å². The number of ether oxygens (including phenoxy) is 2. The fourth-order valence-corrected chi connectivity index (χ4v) is 5.47. The maximum absolute atomic E-state index is 13.4. The largest absolute Gasteiger partial charge is 0.519 e. The molecule has 0 unspecified atom stereocenters. The Labute approximate surface area is 310 Å². The molecule has 0 bridgehead atoms. The van der Waals surface area contributed by atoms with E-state index < -0.39 is 16.0 Å². The maximum atomic E-state index is 13.4. The van der Waals surface area contributed by atoms with Crippen molar-refractivity contribution in [3.05, 3.63) is 123 Å². The standard InChI is InChI=1S/C33H24Br2N8O9/c1-15-23(29(51-40-15)31-36-13-25(34)17(3)38-31)11-19-9-21(42(45)46)5-7-27(19)49-33(44)50-28-8-6-22(43(47)48)10-20(28)12-24-16(2)41-52-30(24)32-37-14-26(35)18(4)39-32/h5-10,13-14H,11-12H2,1-4H3. The molecule has 6 aromatic rings. The first kappa shape index (κ1) is 35.9. The lowest BCUT2D eigenvalue weighted by Gasteiger charge is -2.13. The molecule has 0 N–H and O–H groups in total. The van der Waals surface area contributed by atoms with Crippen molar-refractivity contribution in [2.45, 2.75) is 40.5 Å². The molecule has 0 aliphatic rings. The molecule has 17 nitrogen and oxygen atoms in total. The minimum Gasteiger partial charge on any atom is -0.394 e. The molecule has 0 amide bonds. The van der Waals surface area contributed by atoms with Crippen LogP contribution in [0.25, 0.3) is 23.2 Å². The molecule has 6 rings (SSSR count). The second kappa shape index (κ2) is 14.7. The maximum Gasteiger partial charge on any atom is 0.519 e. The predicted octanol–water partition coefficient (Wildman–Crippen LogP) is 7.91. The number of nitrogens with zero attached hydrogens (tertiary/aromatic N) is 8. The topological polar surface area (TPSA) is 225 Å². The highest BCUT2D eigenvalue weighted by atomic mass is 79.9. The minimum absolute atomic E-state index is 0.0244. The number of carbonyl (C=O) groups excluding carboxylic acids is 1. The van der Waals surface area contributed by atoms with Gasteiger partial charge in [0, 0.05) is 71.8 Å². The number of hydrogen-bond acceptors (Lipinski definition) is 15. The number of hydrogen-bond donors (Lipinski definition) is 0. The molecule has 0 aliphatic heterocycles. The first-order valence-corrected chi connectivity index (χ1v) is 16.7. The predicted molar refractivity (Wildman–Crippen MR) is 188 cm³/mol. The Balaban J connectivity index is 1.31. The third kappa shape index (κ3) is 7.54. The Kier molecular flexibility index (Phi) is 10.2. The van der Waals surface area contributed by atoms with Crippen molar-refractivity contribution in [1.82, 2.24) is 30.2 Å². The van der Waals surface area contributed by atoms with E-state index in [0.29, 0.717) is 42.8 Å². The second-order valence-corrected chi connectivity index (χ2v) is 13.0. The number of non-ortho nitro benzene ring substituents is 2. The SMILES string of the molecule is Cc1nc(-c2onc(C)c2Cc2cc([N+](=O)[O-])ccc2OC(=O)Oc2ccc([N+](=O)[O-])cc2Cc2c(C)noc2-c2ncc(Br)c(C)n2)ncc1Br. The van der Waals surface area contributed by atoms with Gasteiger partial charge < -0.3 is 18.5 Å². The van der Waals surface area contributed by atoms with Gasteiger partial charge in [-0.3, -0.25) is 20.2 Å². The second-order valence-electron chi connectivity index (χ2n) is 11.3. The average Bonchev–Trinajstić information content (AvgIpc) is 3.65. The van der Waals surface area contributed by atoms with E-state index in [1.165, 1.54) is 36.4 Å². The van der Waals surface area contributed by atoms with Crippen LogP contribution in [0.2, 0.25) is 0 Å². The van der Waals surface area contributed by atoms with E-state index >= 15 is 0 Å². The van der Waals surface area contributed by atoms with Gasteiger partial charge in [0.05, 0.1) is 41.6 Å². The lowest BCUT2D eigenvalue weighted by molar-refractivity contribution is -0.385. The Hall–Kier alpha value is -5.95. The van der Waals surface area contributed by atoms with Gasteiger partial charge in [0.15, 0.2) is 11.6 Å². The number of rotatable bonds is 10. The van der Waals surface area contributed by atoms with Gasteiger partial charge in [0.2, 0.25) is 11.5 Å². The highest BCUT2D eigenvalue weighted by Crippen LogP contribution is 2.35. The molecule has 2 aromatic carbocycles. The Bertz CT molecular complexity index is 2230. The van der Waals surface area contributed by atoms with Crippen LogP contribution >= 0.6 is 31.9 Å². The van der Waals surface area contributed by atoms with Crippen molar-refractivity contribution in [1.29, 1.82) is 0 Å². The number of aryl methyl sites for hydroxylation is 4. The van der Waals surface area contributed by atoms with Crippen LogP contribution < -0.4 is 9.47 Å². The zero-order chi connectivity index (χ0) is 37.3. The summed E-state index contributed by atoms with van der Waals surface area (Å²) in [5, 5.41) is 31.5. The molecule has 52 heavy (non-hydrogen) atoms. The Morgan fingerprint density at radius 2 is 1.10 bits per heavy atom. The van der Waals surface area contributed by atoms with E-state index in [2.05, 4.69) is 62.1 Å². The van der Waals surface area contributed by atoms with Crippen molar-refractivity contribution >= 4 is 49.4 Å². The Morgan fingerprint density at radius 1 is 0.692 bits per heavy atom. The highest BCUT2D eigenvalue weighted by Gasteiger charge is 2.25. The van der Waals surface area contributed by atoms with Crippen LogP contribution in [0.5, 0.6) is 11.5 Å². The van der Waals surface area contributed by atoms with Gasteiger partial charge in [-0.25, -0.2) is 24.7 Å². The van der Waals surface area contributed by atoms with E-state index in [4.69, 9.17) is 18.5 Å². The zero-order valence-electron chi connectivity index (χ0n) is 27.5. The van der Waals surface area contributed by atoms with Gasteiger partial charge in [-0.2, -0.15) is 0 Å². The lowest BCUT2D eigenvalue weighted by atomic mass is 10.0. The monoisotopic (exact) mass is 834 g/mol. The van der Waals surface area contributed by atoms with Crippen LogP contribution in [0.1, 0.15) is 45.0 Å². The third-order valence-electron chi connectivity index (χ3n) is 7.85. The zero-order valence-corrected chi connectivity index (χ0v) is 30.7. The summed E-state index contributed by atoms with van der Waals surface area (Å²) < 4.78 is 23.6. The highest BCUT2D eigenvalue weighted by molar-refractivity contribution is 9.10. The minimum atomic E-state index is -1.21. The van der Waals surface area contributed by atoms with Crippen LogP contribution in [-0.2, 0) is 12.8 Å². The van der Waals surface area contributed by atoms with Gasteiger partial charge in [0.1, 0.15) is 11.5 Å². The smallest absolute Gasteiger partial charge is 0.394 e. The van der Waals surface area contributed by atoms with Crippen molar-refractivity contribution in [2.75, 3.05) is 0 Å². The van der Waals surface area contributed by atoms with E-state index in [-0.39, 0.29) is 70.0 Å². The molecule has 0 atom stereocenters.